The Balaban J connectivity index is 1.48. The molecule has 0 amide bonds. The summed E-state index contributed by atoms with van der Waals surface area (Å²) in [6.07, 6.45) is 5.95. The first kappa shape index (κ1) is 23.2. The van der Waals surface area contributed by atoms with E-state index >= 15 is 4.39 Å². The second-order valence-corrected chi connectivity index (χ2v) is 10.1. The minimum Gasteiger partial charge on any atom is -0.443 e. The van der Waals surface area contributed by atoms with Crippen molar-refractivity contribution in [2.45, 2.75) is 31.2 Å². The van der Waals surface area contributed by atoms with E-state index in [0.717, 1.165) is 38.8 Å². The SMILES string of the molecule is C=[N+](C)c1nc(OCC23CCCN2CCC3)nc2c(F)c(-c3cccc4ccc(F)c(Cl)c34)ncc12. The molecule has 0 saturated carbocycles. The average molecular weight is 509 g/mol. The van der Waals surface area contributed by atoms with E-state index in [9.17, 15) is 4.39 Å². The minimum absolute atomic E-state index is 0.000567. The molecule has 9 heteroatoms. The molecule has 2 aromatic carbocycles. The first-order chi connectivity index (χ1) is 17.4. The second-order valence-electron chi connectivity index (χ2n) is 9.68. The molecule has 0 atom stereocenters. The molecule has 0 radical (unpaired) electrons. The molecular formula is C27H25ClF2N5O+. The van der Waals surface area contributed by atoms with Crippen LogP contribution >= 0.6 is 11.6 Å². The molecule has 2 aliphatic heterocycles. The first-order valence-electron chi connectivity index (χ1n) is 12.0. The molecule has 2 saturated heterocycles. The van der Waals surface area contributed by atoms with E-state index in [1.54, 1.807) is 31.3 Å². The molecular weight excluding hydrogens is 484 g/mol. The number of halogens is 3. The highest BCUT2D eigenvalue weighted by Gasteiger charge is 2.45. The number of aromatic nitrogens is 3. The third-order valence-electron chi connectivity index (χ3n) is 7.48. The van der Waals surface area contributed by atoms with Crippen molar-refractivity contribution in [2.24, 2.45) is 0 Å². The normalized spacial score (nSPS) is 17.1. The Bertz CT molecular complexity index is 1530. The molecule has 0 unspecified atom stereocenters. The second kappa shape index (κ2) is 8.71. The van der Waals surface area contributed by atoms with Gasteiger partial charge >= 0.3 is 11.8 Å². The third-order valence-corrected chi connectivity index (χ3v) is 7.85. The molecule has 2 aromatic heterocycles. The highest BCUT2D eigenvalue weighted by Crippen LogP contribution is 2.40. The number of fused-ring (bicyclic) bond motifs is 3. The van der Waals surface area contributed by atoms with E-state index in [-0.39, 0.29) is 27.8 Å². The van der Waals surface area contributed by atoms with Gasteiger partial charge in [-0.2, -0.15) is 4.98 Å². The lowest BCUT2D eigenvalue weighted by molar-refractivity contribution is -0.397. The number of hydrogen-bond donors (Lipinski definition) is 0. The molecule has 4 heterocycles. The third kappa shape index (κ3) is 3.62. The van der Waals surface area contributed by atoms with Crippen LogP contribution in [-0.4, -0.2) is 63.4 Å². The number of hydrogen-bond acceptors (Lipinski definition) is 5. The highest BCUT2D eigenvalue weighted by molar-refractivity contribution is 6.36. The molecule has 0 spiro atoms. The van der Waals surface area contributed by atoms with Crippen molar-refractivity contribution in [2.75, 3.05) is 26.7 Å². The van der Waals surface area contributed by atoms with Crippen molar-refractivity contribution >= 4 is 45.8 Å². The molecule has 6 nitrogen and oxygen atoms in total. The maximum Gasteiger partial charge on any atom is 0.434 e. The lowest BCUT2D eigenvalue weighted by atomic mass is 9.95. The van der Waals surface area contributed by atoms with Gasteiger partial charge < -0.3 is 4.74 Å². The topological polar surface area (TPSA) is 54.2 Å². The van der Waals surface area contributed by atoms with Crippen LogP contribution in [0.25, 0.3) is 32.9 Å². The fourth-order valence-electron chi connectivity index (χ4n) is 5.73. The van der Waals surface area contributed by atoms with Gasteiger partial charge in [-0.25, -0.2) is 13.4 Å². The summed E-state index contributed by atoms with van der Waals surface area (Å²) in [7, 11) is 1.72. The van der Waals surface area contributed by atoms with Crippen LogP contribution in [0.1, 0.15) is 25.7 Å². The zero-order chi connectivity index (χ0) is 25.0. The van der Waals surface area contributed by atoms with Crippen molar-refractivity contribution in [3.8, 4) is 17.3 Å². The van der Waals surface area contributed by atoms with Gasteiger partial charge in [-0.05, 0) is 50.2 Å². The summed E-state index contributed by atoms with van der Waals surface area (Å²) in [4.78, 5) is 15.9. The van der Waals surface area contributed by atoms with Crippen LogP contribution in [0.4, 0.5) is 14.6 Å². The van der Waals surface area contributed by atoms with Gasteiger partial charge in [0.15, 0.2) is 5.82 Å². The predicted octanol–water partition coefficient (Wildman–Crippen LogP) is 5.76. The van der Waals surface area contributed by atoms with Crippen molar-refractivity contribution in [1.29, 1.82) is 0 Å². The van der Waals surface area contributed by atoms with Gasteiger partial charge in [0, 0.05) is 22.1 Å². The number of pyridine rings is 1. The maximum atomic E-state index is 16.1. The summed E-state index contributed by atoms with van der Waals surface area (Å²) in [6.45, 7) is 6.54. The van der Waals surface area contributed by atoms with Gasteiger partial charge in [0.1, 0.15) is 29.0 Å². The molecule has 2 fully saturated rings. The largest absolute Gasteiger partial charge is 0.443 e. The van der Waals surface area contributed by atoms with Crippen molar-refractivity contribution in [3.05, 3.63) is 53.2 Å². The van der Waals surface area contributed by atoms with E-state index in [0.29, 0.717) is 34.1 Å². The van der Waals surface area contributed by atoms with E-state index in [4.69, 9.17) is 16.3 Å². The highest BCUT2D eigenvalue weighted by atomic mass is 35.5. The smallest absolute Gasteiger partial charge is 0.434 e. The zero-order valence-electron chi connectivity index (χ0n) is 19.9. The Morgan fingerprint density at radius 3 is 2.67 bits per heavy atom. The van der Waals surface area contributed by atoms with E-state index in [1.807, 2.05) is 0 Å². The van der Waals surface area contributed by atoms with Crippen LogP contribution in [0.15, 0.2) is 36.5 Å². The molecule has 4 aromatic rings. The minimum atomic E-state index is -0.655. The van der Waals surface area contributed by atoms with E-state index in [1.165, 1.54) is 16.8 Å². The Hall–Kier alpha value is -3.23. The molecule has 184 valence electrons. The van der Waals surface area contributed by atoms with Crippen LogP contribution in [0.2, 0.25) is 5.02 Å². The van der Waals surface area contributed by atoms with Crippen LogP contribution in [0, 0.1) is 11.6 Å². The van der Waals surface area contributed by atoms with Crippen molar-refractivity contribution in [1.82, 2.24) is 19.9 Å². The van der Waals surface area contributed by atoms with Crippen LogP contribution in [0.3, 0.4) is 0 Å². The fraction of sp³-hybridized carbons (Fsp3) is 0.333. The summed E-state index contributed by atoms with van der Waals surface area (Å²) < 4.78 is 38.1. The van der Waals surface area contributed by atoms with Crippen LogP contribution in [0.5, 0.6) is 6.01 Å². The Morgan fingerprint density at radius 1 is 1.14 bits per heavy atom. The number of benzene rings is 2. The van der Waals surface area contributed by atoms with Gasteiger partial charge in [-0.3, -0.25) is 9.88 Å². The molecule has 0 aliphatic carbocycles. The molecule has 6 rings (SSSR count). The molecule has 36 heavy (non-hydrogen) atoms. The van der Waals surface area contributed by atoms with Crippen LogP contribution < -0.4 is 4.74 Å². The van der Waals surface area contributed by atoms with Gasteiger partial charge in [0.25, 0.3) is 0 Å². The quantitative estimate of drug-likeness (QED) is 0.253. The Morgan fingerprint density at radius 2 is 1.92 bits per heavy atom. The summed E-state index contributed by atoms with van der Waals surface area (Å²) in [5.41, 5.74) is 0.473. The van der Waals surface area contributed by atoms with Gasteiger partial charge in [-0.15, -0.1) is 0 Å². The lowest BCUT2D eigenvalue weighted by Crippen LogP contribution is -2.43. The Kier molecular flexibility index (Phi) is 5.61. The fourth-order valence-corrected chi connectivity index (χ4v) is 6.01. The number of rotatable bonds is 5. The molecule has 2 aliphatic rings. The lowest BCUT2D eigenvalue weighted by Gasteiger charge is -2.30. The van der Waals surface area contributed by atoms with Crippen molar-refractivity contribution in [3.63, 3.8) is 0 Å². The number of nitrogens with zero attached hydrogens (tertiary/aromatic N) is 5. The zero-order valence-corrected chi connectivity index (χ0v) is 20.7. The van der Waals surface area contributed by atoms with Gasteiger partial charge in [-0.1, -0.05) is 35.9 Å². The molecule has 0 N–H and O–H groups in total. The standard InChI is InChI=1S/C27H25ClF2N5O/c1-34(2)25-18-14-31-23(17-7-3-6-16-8-9-19(29)21(28)20(16)17)22(30)24(18)32-26(33-25)36-15-27-10-4-12-35(27)13-5-11-27/h3,6-9,14H,1,4-5,10-13,15H2,2H3/q+1. The predicted molar refractivity (Wildman–Crippen MR) is 136 cm³/mol. The summed E-state index contributed by atoms with van der Waals surface area (Å²) in [5, 5.41) is 1.40. The van der Waals surface area contributed by atoms with Gasteiger partial charge in [0.2, 0.25) is 0 Å². The Labute approximate surface area is 212 Å². The monoisotopic (exact) mass is 508 g/mol. The summed E-state index contributed by atoms with van der Waals surface area (Å²) in [6, 6.07) is 8.22. The van der Waals surface area contributed by atoms with E-state index in [2.05, 4.69) is 26.6 Å². The van der Waals surface area contributed by atoms with Gasteiger partial charge in [0.05, 0.1) is 24.3 Å². The van der Waals surface area contributed by atoms with Crippen LogP contribution in [-0.2, 0) is 0 Å². The average Bonchev–Trinajstić information content (AvgIpc) is 3.45. The number of ether oxygens (including phenoxy) is 1. The van der Waals surface area contributed by atoms with Crippen molar-refractivity contribution < 1.29 is 18.1 Å². The van der Waals surface area contributed by atoms with E-state index < -0.39 is 11.6 Å². The molecule has 0 bridgehead atoms. The maximum absolute atomic E-state index is 16.1. The first-order valence-corrected chi connectivity index (χ1v) is 12.4. The summed E-state index contributed by atoms with van der Waals surface area (Å²) >= 11 is 6.30. The summed E-state index contributed by atoms with van der Waals surface area (Å²) in [5.74, 6) is -0.830.